The van der Waals surface area contributed by atoms with Crippen LogP contribution in [-0.4, -0.2) is 24.7 Å². The van der Waals surface area contributed by atoms with Gasteiger partial charge in [0.1, 0.15) is 5.75 Å². The smallest absolute Gasteiger partial charge is 0.726 e. The zero-order valence-electron chi connectivity index (χ0n) is 22.2. The van der Waals surface area contributed by atoms with Crippen molar-refractivity contribution in [2.75, 3.05) is 6.61 Å². The molecule has 0 spiro atoms. The van der Waals surface area contributed by atoms with Crippen LogP contribution in [0.2, 0.25) is 0 Å². The minimum Gasteiger partial charge on any atom is -0.726 e. The molecule has 0 fully saturated rings. The van der Waals surface area contributed by atoms with Gasteiger partial charge in [-0.25, -0.2) is 8.42 Å². The Bertz CT molecular complexity index is 652. The van der Waals surface area contributed by atoms with Crippen molar-refractivity contribution >= 4 is 10.4 Å². The fourth-order valence-electron chi connectivity index (χ4n) is 3.75. The number of hydrogen-bond acceptors (Lipinski definition) is 5. The van der Waals surface area contributed by atoms with Gasteiger partial charge in [-0.1, -0.05) is 128 Å². The van der Waals surface area contributed by atoms with E-state index < -0.39 is 10.4 Å². The topological polar surface area (TPSA) is 86.7 Å². The summed E-state index contributed by atoms with van der Waals surface area (Å²) in [6, 6.07) is 7.67. The molecule has 194 valence electrons. The summed E-state index contributed by atoms with van der Waals surface area (Å²) < 4.78 is 34.5. The van der Waals surface area contributed by atoms with Crippen LogP contribution >= 0.6 is 0 Å². The quantitative estimate of drug-likeness (QED) is 0.115. The van der Waals surface area contributed by atoms with E-state index in [0.29, 0.717) is 12.2 Å². The number of phenolic OH excluding ortho intramolecular Hbond substituents is 1. The van der Waals surface area contributed by atoms with Crippen molar-refractivity contribution in [2.24, 2.45) is 0 Å². The molecule has 5 nitrogen and oxygen atoms in total. The monoisotopic (exact) mass is 508 g/mol. The molecule has 0 heterocycles. The van der Waals surface area contributed by atoms with Gasteiger partial charge in [0.25, 0.3) is 0 Å². The van der Waals surface area contributed by atoms with Gasteiger partial charge in [-0.15, -0.1) is 0 Å². The minimum atomic E-state index is -4.48. The van der Waals surface area contributed by atoms with E-state index in [1.54, 1.807) is 6.07 Å². The Morgan fingerprint density at radius 1 is 0.706 bits per heavy atom. The number of phenols is 1. The summed E-state index contributed by atoms with van der Waals surface area (Å²) in [5, 5.41) is 9.58. The number of aryl methyl sites for hydroxylation is 1. The average molecular weight is 509 g/mol. The van der Waals surface area contributed by atoms with Crippen LogP contribution in [0.1, 0.15) is 129 Å². The van der Waals surface area contributed by atoms with E-state index in [2.05, 4.69) is 18.0 Å². The molecule has 7 heteroatoms. The van der Waals surface area contributed by atoms with Crippen molar-refractivity contribution in [2.45, 2.75) is 129 Å². The van der Waals surface area contributed by atoms with E-state index in [9.17, 15) is 18.1 Å². The first kappa shape index (κ1) is 36.0. The van der Waals surface area contributed by atoms with Crippen LogP contribution in [0.15, 0.2) is 24.3 Å². The molecule has 0 saturated carbocycles. The molecule has 0 aliphatic carbocycles. The Morgan fingerprint density at radius 3 is 1.56 bits per heavy atom. The van der Waals surface area contributed by atoms with Gasteiger partial charge in [0, 0.05) is 0 Å². The van der Waals surface area contributed by atoms with E-state index >= 15 is 0 Å². The molecule has 0 saturated heterocycles. The predicted octanol–water partition coefficient (Wildman–Crippen LogP) is 5.07. The summed E-state index contributed by atoms with van der Waals surface area (Å²) in [4.78, 5) is 0. The maximum atomic E-state index is 10.1. The molecule has 1 rings (SSSR count). The molecule has 0 aromatic heterocycles. The zero-order chi connectivity index (χ0) is 24.6. The largest absolute Gasteiger partial charge is 1.00 e. The van der Waals surface area contributed by atoms with Gasteiger partial charge in [-0.3, -0.25) is 4.18 Å². The first-order valence-corrected chi connectivity index (χ1v) is 14.6. The molecule has 34 heavy (non-hydrogen) atoms. The molecule has 0 bridgehead atoms. The second kappa shape index (κ2) is 26.0. The van der Waals surface area contributed by atoms with Crippen LogP contribution in [0, 0.1) is 0 Å². The van der Waals surface area contributed by atoms with Crippen LogP contribution in [-0.2, 0) is 21.0 Å². The normalized spacial score (nSPS) is 10.9. The molecular weight excluding hydrogens is 459 g/mol. The van der Waals surface area contributed by atoms with Crippen molar-refractivity contribution in [3.05, 3.63) is 29.8 Å². The summed E-state index contributed by atoms with van der Waals surface area (Å²) in [6.07, 6.45) is 22.0. The van der Waals surface area contributed by atoms with E-state index in [0.717, 1.165) is 24.8 Å². The molecule has 0 aliphatic rings. The number of para-hydroxylation sites is 1. The van der Waals surface area contributed by atoms with E-state index in [4.69, 9.17) is 0 Å². The summed E-state index contributed by atoms with van der Waals surface area (Å²) in [5.74, 6) is 0.452. The Kier molecular flexibility index (Phi) is 27.5. The molecule has 0 amide bonds. The maximum absolute atomic E-state index is 10.1. The zero-order valence-corrected chi connectivity index (χ0v) is 25.0. The third kappa shape index (κ3) is 26.5. The minimum absolute atomic E-state index is 0. The Balaban J connectivity index is 0. The summed E-state index contributed by atoms with van der Waals surface area (Å²) in [5.41, 5.74) is 1.09. The average Bonchev–Trinajstić information content (AvgIpc) is 2.78. The van der Waals surface area contributed by atoms with Gasteiger partial charge in [0.2, 0.25) is 10.4 Å². The van der Waals surface area contributed by atoms with Crippen molar-refractivity contribution in [1.29, 1.82) is 0 Å². The standard InChI is InChI=1S/C15H24O.C12H26O4S.Na/c1-2-3-4-5-6-7-8-11-14-12-9-10-13-15(14)16;1-2-3-4-5-6-7-8-9-10-11-12-16-17(13,14)15;/h9-10,12-13,16H,2-8,11H2,1H3;2-12H2,1H3,(H,13,14,15);/q;;+1/p-1. The summed E-state index contributed by atoms with van der Waals surface area (Å²) in [6.45, 7) is 4.49. The Hall–Kier alpha value is -0.110. The molecule has 1 aromatic carbocycles. The molecule has 1 aromatic rings. The van der Waals surface area contributed by atoms with Crippen LogP contribution in [0.4, 0.5) is 0 Å². The SMILES string of the molecule is CCCCCCCCCCCCOS(=O)(=O)[O-].CCCCCCCCCc1ccccc1O.[Na+]. The van der Waals surface area contributed by atoms with Crippen LogP contribution in [0.5, 0.6) is 5.75 Å². The molecule has 0 radical (unpaired) electrons. The van der Waals surface area contributed by atoms with Crippen LogP contribution in [0.3, 0.4) is 0 Å². The van der Waals surface area contributed by atoms with E-state index in [1.165, 1.54) is 89.9 Å². The van der Waals surface area contributed by atoms with Crippen LogP contribution in [0.25, 0.3) is 0 Å². The van der Waals surface area contributed by atoms with E-state index in [-0.39, 0.29) is 36.2 Å². The van der Waals surface area contributed by atoms with Crippen molar-refractivity contribution < 1.29 is 51.8 Å². The van der Waals surface area contributed by atoms with Gasteiger partial charge >= 0.3 is 29.6 Å². The molecular formula is C27H49NaO5S. The number of hydrogen-bond donors (Lipinski definition) is 1. The van der Waals surface area contributed by atoms with Gasteiger partial charge in [-0.05, 0) is 30.9 Å². The fourth-order valence-corrected chi connectivity index (χ4v) is 4.07. The van der Waals surface area contributed by atoms with Crippen LogP contribution < -0.4 is 29.6 Å². The van der Waals surface area contributed by atoms with Crippen molar-refractivity contribution in [3.63, 3.8) is 0 Å². The fraction of sp³-hybridized carbons (Fsp3) is 0.778. The third-order valence-electron chi connectivity index (χ3n) is 5.77. The number of rotatable bonds is 20. The van der Waals surface area contributed by atoms with Gasteiger partial charge in [0.15, 0.2) is 0 Å². The van der Waals surface area contributed by atoms with Gasteiger partial charge < -0.3 is 9.66 Å². The first-order chi connectivity index (χ1) is 15.9. The molecule has 0 aliphatic heterocycles. The predicted molar refractivity (Wildman–Crippen MR) is 137 cm³/mol. The number of aromatic hydroxyl groups is 1. The van der Waals surface area contributed by atoms with Crippen molar-refractivity contribution in [3.8, 4) is 5.75 Å². The summed E-state index contributed by atoms with van der Waals surface area (Å²) >= 11 is 0. The second-order valence-electron chi connectivity index (χ2n) is 8.91. The van der Waals surface area contributed by atoms with Gasteiger partial charge in [0.05, 0.1) is 6.61 Å². The Morgan fingerprint density at radius 2 is 1.12 bits per heavy atom. The first-order valence-electron chi connectivity index (χ1n) is 13.3. The second-order valence-corrected chi connectivity index (χ2v) is 9.96. The Labute approximate surface area is 232 Å². The van der Waals surface area contributed by atoms with Gasteiger partial charge in [-0.2, -0.15) is 0 Å². The van der Waals surface area contributed by atoms with E-state index in [1.807, 2.05) is 18.2 Å². The number of unbranched alkanes of at least 4 members (excludes halogenated alkanes) is 15. The molecule has 0 atom stereocenters. The molecule has 0 unspecified atom stereocenters. The van der Waals surface area contributed by atoms with Crippen molar-refractivity contribution in [1.82, 2.24) is 0 Å². The number of benzene rings is 1. The summed E-state index contributed by atoms with van der Waals surface area (Å²) in [7, 11) is -4.48. The molecule has 1 N–H and O–H groups in total. The maximum Gasteiger partial charge on any atom is 1.00 e. The third-order valence-corrected chi connectivity index (χ3v) is 6.22.